The molecule has 0 nitrogen and oxygen atoms in total. The molecule has 0 aromatic rings. The number of hydrogen-bond donors (Lipinski definition) is 0. The van der Waals surface area contributed by atoms with Crippen molar-refractivity contribution in [1.29, 1.82) is 0 Å². The molecule has 0 aromatic heterocycles. The van der Waals surface area contributed by atoms with E-state index in [0.29, 0.717) is 0 Å². The summed E-state index contributed by atoms with van der Waals surface area (Å²) in [5, 5.41) is 0. The highest BCUT2D eigenvalue weighted by molar-refractivity contribution is 4.83. The van der Waals surface area contributed by atoms with Crippen LogP contribution >= 0.6 is 0 Å². The molecule has 1 radical (unpaired) electrons. The fraction of sp³-hybridized carbons (Fsp3) is 0.955. The Labute approximate surface area is 142 Å². The third-order valence-electron chi connectivity index (χ3n) is 5.09. The van der Waals surface area contributed by atoms with Gasteiger partial charge in [-0.3, -0.25) is 0 Å². The number of hydrogen-bond acceptors (Lipinski definition) is 0. The van der Waals surface area contributed by atoms with Crippen molar-refractivity contribution in [3.8, 4) is 0 Å². The van der Waals surface area contributed by atoms with Gasteiger partial charge in [0.05, 0.1) is 0 Å². The Balaban J connectivity index is 3.87. The largest absolute Gasteiger partial charge is 0.0654 e. The normalized spacial score (nSPS) is 14.2. The highest BCUT2D eigenvalue weighted by Gasteiger charge is 2.15. The molecule has 0 heterocycles. The van der Waals surface area contributed by atoms with E-state index in [2.05, 4.69) is 34.1 Å². The molecule has 0 rings (SSSR count). The average Bonchev–Trinajstić information content (AvgIpc) is 2.53. The molecular weight excluding hydrogens is 264 g/mol. The second kappa shape index (κ2) is 17.4. The van der Waals surface area contributed by atoms with Gasteiger partial charge in [0.2, 0.25) is 0 Å². The van der Waals surface area contributed by atoms with E-state index in [1.165, 1.54) is 96.3 Å². The molecule has 2 unspecified atom stereocenters. The maximum absolute atomic E-state index is 2.75. The van der Waals surface area contributed by atoms with Gasteiger partial charge >= 0.3 is 0 Å². The number of unbranched alkanes of at least 4 members (excludes halogenated alkanes) is 8. The van der Waals surface area contributed by atoms with Crippen LogP contribution in [0.2, 0.25) is 0 Å². The van der Waals surface area contributed by atoms with Crippen LogP contribution in [0.25, 0.3) is 0 Å². The van der Waals surface area contributed by atoms with Crippen molar-refractivity contribution < 1.29 is 0 Å². The van der Waals surface area contributed by atoms with E-state index in [1.807, 2.05) is 0 Å². The summed E-state index contributed by atoms with van der Waals surface area (Å²) in [4.78, 5) is 0. The molecule has 22 heavy (non-hydrogen) atoms. The van der Waals surface area contributed by atoms with Crippen LogP contribution in [0.4, 0.5) is 0 Å². The minimum atomic E-state index is 0.883. The molecule has 0 aliphatic carbocycles. The van der Waals surface area contributed by atoms with Crippen molar-refractivity contribution in [2.75, 3.05) is 0 Å². The second-order valence-electron chi connectivity index (χ2n) is 7.32. The van der Waals surface area contributed by atoms with E-state index >= 15 is 0 Å². The van der Waals surface area contributed by atoms with Crippen LogP contribution in [-0.4, -0.2) is 0 Å². The quantitative estimate of drug-likeness (QED) is 0.237. The molecule has 0 saturated carbocycles. The zero-order valence-corrected chi connectivity index (χ0v) is 16.3. The third kappa shape index (κ3) is 13.6. The van der Waals surface area contributed by atoms with E-state index in [9.17, 15) is 0 Å². The van der Waals surface area contributed by atoms with Gasteiger partial charge in [-0.05, 0) is 18.3 Å². The molecular formula is C22H45. The Morgan fingerprint density at radius 1 is 0.500 bits per heavy atom. The van der Waals surface area contributed by atoms with Crippen molar-refractivity contribution in [2.24, 2.45) is 11.8 Å². The van der Waals surface area contributed by atoms with Crippen molar-refractivity contribution in [3.05, 3.63) is 6.42 Å². The highest BCUT2D eigenvalue weighted by Crippen LogP contribution is 2.27. The predicted molar refractivity (Wildman–Crippen MR) is 103 cm³/mol. The summed E-state index contributed by atoms with van der Waals surface area (Å²) >= 11 is 0. The first-order valence-corrected chi connectivity index (χ1v) is 10.6. The summed E-state index contributed by atoms with van der Waals surface area (Å²) in [6.45, 7) is 9.35. The fourth-order valence-electron chi connectivity index (χ4n) is 3.55. The van der Waals surface area contributed by atoms with Crippen molar-refractivity contribution in [2.45, 2.75) is 124 Å². The lowest BCUT2D eigenvalue weighted by Gasteiger charge is -2.22. The molecule has 0 bridgehead atoms. The number of rotatable bonds is 17. The van der Waals surface area contributed by atoms with Crippen molar-refractivity contribution in [1.82, 2.24) is 0 Å². The molecule has 0 aliphatic heterocycles. The topological polar surface area (TPSA) is 0 Å². The van der Waals surface area contributed by atoms with Gasteiger partial charge in [0.25, 0.3) is 0 Å². The Morgan fingerprint density at radius 2 is 1.00 bits per heavy atom. The van der Waals surface area contributed by atoms with Crippen LogP contribution in [0.1, 0.15) is 124 Å². The molecule has 0 aromatic carbocycles. The second-order valence-corrected chi connectivity index (χ2v) is 7.32. The molecule has 0 fully saturated rings. The molecule has 0 spiro atoms. The van der Waals surface area contributed by atoms with Crippen LogP contribution in [-0.2, 0) is 0 Å². The Hall–Kier alpha value is 0. The fourth-order valence-corrected chi connectivity index (χ4v) is 3.55. The minimum Gasteiger partial charge on any atom is -0.0654 e. The first kappa shape index (κ1) is 22.0. The van der Waals surface area contributed by atoms with Gasteiger partial charge < -0.3 is 0 Å². The highest BCUT2D eigenvalue weighted by atomic mass is 14.2. The van der Waals surface area contributed by atoms with Gasteiger partial charge in [-0.1, -0.05) is 124 Å². The van der Waals surface area contributed by atoms with E-state index < -0.39 is 0 Å². The molecule has 0 N–H and O–H groups in total. The molecule has 0 aliphatic rings. The summed E-state index contributed by atoms with van der Waals surface area (Å²) in [6, 6.07) is 0. The summed E-state index contributed by atoms with van der Waals surface area (Å²) in [7, 11) is 0. The van der Waals surface area contributed by atoms with Crippen molar-refractivity contribution >= 4 is 0 Å². The van der Waals surface area contributed by atoms with E-state index in [1.54, 1.807) is 0 Å². The summed E-state index contributed by atoms with van der Waals surface area (Å²) in [5.41, 5.74) is 0. The van der Waals surface area contributed by atoms with Crippen LogP contribution in [0.3, 0.4) is 0 Å². The molecule has 2 atom stereocenters. The van der Waals surface area contributed by atoms with Gasteiger partial charge in [0, 0.05) is 0 Å². The van der Waals surface area contributed by atoms with Gasteiger partial charge in [-0.25, -0.2) is 0 Å². The standard InChI is InChI=1S/C22H45/c1-5-9-11-13-15-18-21(8-4)20-22(17-7-3)19-16-14-12-10-6-2/h20-22H,5-19H2,1-4H3. The lowest BCUT2D eigenvalue weighted by Crippen LogP contribution is -2.10. The Kier molecular flexibility index (Phi) is 17.4. The molecule has 0 saturated heterocycles. The zero-order chi connectivity index (χ0) is 16.5. The summed E-state index contributed by atoms with van der Waals surface area (Å²) < 4.78 is 0. The first-order valence-electron chi connectivity index (χ1n) is 10.6. The van der Waals surface area contributed by atoms with E-state index in [4.69, 9.17) is 0 Å². The third-order valence-corrected chi connectivity index (χ3v) is 5.09. The Bertz CT molecular complexity index is 196. The minimum absolute atomic E-state index is 0.883. The van der Waals surface area contributed by atoms with Crippen LogP contribution in [0.15, 0.2) is 0 Å². The summed E-state index contributed by atoms with van der Waals surface area (Å²) in [6.07, 6.45) is 24.0. The van der Waals surface area contributed by atoms with Gasteiger partial charge in [-0.2, -0.15) is 0 Å². The lowest BCUT2D eigenvalue weighted by molar-refractivity contribution is 0.388. The summed E-state index contributed by atoms with van der Waals surface area (Å²) in [5.74, 6) is 1.78. The monoisotopic (exact) mass is 309 g/mol. The van der Waals surface area contributed by atoms with E-state index in [-0.39, 0.29) is 0 Å². The van der Waals surface area contributed by atoms with Gasteiger partial charge in [0.1, 0.15) is 0 Å². The van der Waals surface area contributed by atoms with Crippen molar-refractivity contribution in [3.63, 3.8) is 0 Å². The van der Waals surface area contributed by atoms with E-state index in [0.717, 1.165) is 11.8 Å². The molecule has 133 valence electrons. The molecule has 0 heteroatoms. The smallest absolute Gasteiger partial charge is 0.0324 e. The maximum atomic E-state index is 2.75. The van der Waals surface area contributed by atoms with Crippen LogP contribution < -0.4 is 0 Å². The zero-order valence-electron chi connectivity index (χ0n) is 16.3. The van der Waals surface area contributed by atoms with Crippen LogP contribution in [0.5, 0.6) is 0 Å². The average molecular weight is 310 g/mol. The Morgan fingerprint density at radius 3 is 1.45 bits per heavy atom. The maximum Gasteiger partial charge on any atom is -0.0324 e. The first-order chi connectivity index (χ1) is 10.8. The predicted octanol–water partition coefficient (Wildman–Crippen LogP) is 8.35. The SMILES string of the molecule is CCCCCCCC([CH]C(CCC)CCCCCCC)CC. The lowest BCUT2D eigenvalue weighted by atomic mass is 9.83. The van der Waals surface area contributed by atoms with Gasteiger partial charge in [0.15, 0.2) is 0 Å². The van der Waals surface area contributed by atoms with Crippen LogP contribution in [0, 0.1) is 18.3 Å². The molecule has 0 amide bonds. The van der Waals surface area contributed by atoms with Gasteiger partial charge in [-0.15, -0.1) is 0 Å².